The fourth-order valence-corrected chi connectivity index (χ4v) is 1.74. The van der Waals surface area contributed by atoms with Crippen molar-refractivity contribution in [2.45, 2.75) is 6.18 Å². The molecule has 0 saturated heterocycles. The highest BCUT2D eigenvalue weighted by Gasteiger charge is 2.33. The molecular formula is C13H7ClF3O. The van der Waals surface area contributed by atoms with Crippen molar-refractivity contribution in [3.63, 3.8) is 0 Å². The number of benzene rings is 2. The first-order chi connectivity index (χ1) is 8.38. The number of hydrogen-bond acceptors (Lipinski definition) is 1. The van der Waals surface area contributed by atoms with Gasteiger partial charge in [-0.1, -0.05) is 23.7 Å². The van der Waals surface area contributed by atoms with Crippen LogP contribution in [0.4, 0.5) is 13.2 Å². The molecule has 0 saturated carbocycles. The molecule has 0 aromatic heterocycles. The second-order valence-corrected chi connectivity index (χ2v) is 4.06. The molecular weight excluding hydrogens is 265 g/mol. The zero-order valence-electron chi connectivity index (χ0n) is 8.92. The van der Waals surface area contributed by atoms with Crippen molar-refractivity contribution in [3.8, 4) is 16.9 Å². The molecule has 2 aromatic carbocycles. The van der Waals surface area contributed by atoms with Crippen molar-refractivity contribution in [1.82, 2.24) is 0 Å². The topological polar surface area (TPSA) is 20.2 Å². The zero-order valence-corrected chi connectivity index (χ0v) is 9.68. The maximum Gasteiger partial charge on any atom is 0.417 e. The summed E-state index contributed by atoms with van der Waals surface area (Å²) in [7, 11) is 0. The number of phenols is 1. The predicted octanol–water partition coefficient (Wildman–Crippen LogP) is 4.53. The minimum absolute atomic E-state index is 0.0660. The van der Waals surface area contributed by atoms with Crippen molar-refractivity contribution in [3.05, 3.63) is 53.1 Å². The van der Waals surface area contributed by atoms with E-state index in [4.69, 9.17) is 16.7 Å². The van der Waals surface area contributed by atoms with Gasteiger partial charge in [-0.15, -0.1) is 0 Å². The van der Waals surface area contributed by atoms with E-state index < -0.39 is 11.7 Å². The summed E-state index contributed by atoms with van der Waals surface area (Å²) in [5.41, 5.74) is 0.00711. The van der Waals surface area contributed by atoms with Crippen molar-refractivity contribution in [1.29, 1.82) is 0 Å². The zero-order chi connectivity index (χ0) is 13.3. The molecule has 2 rings (SSSR count). The number of rotatable bonds is 1. The summed E-state index contributed by atoms with van der Waals surface area (Å²) < 4.78 is 38.0. The molecule has 1 nitrogen and oxygen atoms in total. The van der Waals surface area contributed by atoms with Crippen LogP contribution in [0.5, 0.6) is 5.75 Å². The van der Waals surface area contributed by atoms with Gasteiger partial charge in [0.2, 0.25) is 0 Å². The highest BCUT2D eigenvalue weighted by Crippen LogP contribution is 2.37. The fraction of sp³-hybridized carbons (Fsp3) is 0.0769. The Bertz CT molecular complexity index is 561. The van der Waals surface area contributed by atoms with E-state index in [1.807, 2.05) is 0 Å². The van der Waals surface area contributed by atoms with Crippen molar-refractivity contribution >= 4 is 11.6 Å². The molecule has 0 atom stereocenters. The summed E-state index contributed by atoms with van der Waals surface area (Å²) >= 11 is 5.53. The largest absolute Gasteiger partial charge is 0.507 e. The summed E-state index contributed by atoms with van der Waals surface area (Å²) in [6.45, 7) is 0. The van der Waals surface area contributed by atoms with Crippen LogP contribution >= 0.6 is 11.6 Å². The predicted molar refractivity (Wildman–Crippen MR) is 62.4 cm³/mol. The smallest absolute Gasteiger partial charge is 0.417 e. The van der Waals surface area contributed by atoms with Gasteiger partial charge in [0.25, 0.3) is 0 Å². The average molecular weight is 272 g/mol. The van der Waals surface area contributed by atoms with Crippen molar-refractivity contribution in [2.24, 2.45) is 0 Å². The Labute approximate surface area is 106 Å². The monoisotopic (exact) mass is 271 g/mol. The van der Waals surface area contributed by atoms with E-state index in [0.29, 0.717) is 11.1 Å². The summed E-state index contributed by atoms with van der Waals surface area (Å²) in [4.78, 5) is 0. The highest BCUT2D eigenvalue weighted by atomic mass is 35.5. The molecule has 0 amide bonds. The molecule has 1 radical (unpaired) electrons. The van der Waals surface area contributed by atoms with Crippen molar-refractivity contribution < 1.29 is 18.3 Å². The summed E-state index contributed by atoms with van der Waals surface area (Å²) in [6, 6.07) is 10.5. The Hall–Kier alpha value is -1.68. The third-order valence-corrected chi connectivity index (χ3v) is 2.73. The van der Waals surface area contributed by atoms with E-state index in [1.54, 1.807) is 0 Å². The van der Waals surface area contributed by atoms with Crippen LogP contribution in [0.2, 0.25) is 5.02 Å². The van der Waals surface area contributed by atoms with Crippen LogP contribution in [0.15, 0.2) is 36.4 Å². The number of phenolic OH excluding ortho intramolecular Hbond substituents is 1. The van der Waals surface area contributed by atoms with Crippen LogP contribution in [0.3, 0.4) is 0 Å². The number of hydrogen-bond donors (Lipinski definition) is 1. The van der Waals surface area contributed by atoms with Gasteiger partial charge in [-0.2, -0.15) is 13.2 Å². The molecule has 0 bridgehead atoms. The Morgan fingerprint density at radius 2 is 1.72 bits per heavy atom. The van der Waals surface area contributed by atoms with Crippen LogP contribution in [0.25, 0.3) is 11.1 Å². The summed E-state index contributed by atoms with van der Waals surface area (Å²) in [5.74, 6) is -0.0660. The van der Waals surface area contributed by atoms with E-state index in [2.05, 4.69) is 6.07 Å². The maximum absolute atomic E-state index is 12.7. The van der Waals surface area contributed by atoms with Crippen LogP contribution < -0.4 is 0 Å². The van der Waals surface area contributed by atoms with E-state index in [-0.39, 0.29) is 10.8 Å². The van der Waals surface area contributed by atoms with E-state index in [9.17, 15) is 13.2 Å². The molecule has 0 fully saturated rings. The molecule has 0 spiro atoms. The Morgan fingerprint density at radius 1 is 1.06 bits per heavy atom. The lowest BCUT2D eigenvalue weighted by Crippen LogP contribution is -2.05. The average Bonchev–Trinajstić information content (AvgIpc) is 2.29. The van der Waals surface area contributed by atoms with Gasteiger partial charge in [0.1, 0.15) is 5.75 Å². The van der Waals surface area contributed by atoms with Crippen molar-refractivity contribution in [2.75, 3.05) is 0 Å². The summed E-state index contributed by atoms with van der Waals surface area (Å²) in [6.07, 6.45) is -4.49. The Morgan fingerprint density at radius 3 is 2.28 bits per heavy atom. The van der Waals surface area contributed by atoms with Gasteiger partial charge in [-0.25, -0.2) is 0 Å². The highest BCUT2D eigenvalue weighted by molar-refractivity contribution is 6.31. The third-order valence-electron chi connectivity index (χ3n) is 2.40. The molecule has 0 aliphatic rings. The Balaban J connectivity index is 2.50. The van der Waals surface area contributed by atoms with Gasteiger partial charge in [0, 0.05) is 6.07 Å². The summed E-state index contributed by atoms with van der Waals surface area (Å²) in [5, 5.41) is 8.74. The maximum atomic E-state index is 12.7. The van der Waals surface area contributed by atoms with Gasteiger partial charge in [-0.3, -0.25) is 0 Å². The van der Waals surface area contributed by atoms with Crippen LogP contribution in [0.1, 0.15) is 5.56 Å². The molecule has 0 aliphatic carbocycles. The standard InChI is InChI=1S/C13H7ClF3O/c14-12-6-3-9(7-11(12)13(15,16)17)8-1-4-10(18)5-2-8/h1-4,6-7,18H. The van der Waals surface area contributed by atoms with Crippen LogP contribution in [-0.4, -0.2) is 5.11 Å². The van der Waals surface area contributed by atoms with Crippen LogP contribution in [-0.2, 0) is 6.18 Å². The first-order valence-corrected chi connectivity index (χ1v) is 5.33. The minimum atomic E-state index is -4.49. The number of halogens is 4. The normalized spacial score (nSPS) is 11.6. The second-order valence-electron chi connectivity index (χ2n) is 3.65. The third kappa shape index (κ3) is 2.59. The molecule has 5 heteroatoms. The molecule has 1 N–H and O–H groups in total. The van der Waals surface area contributed by atoms with Gasteiger partial charge in [-0.05, 0) is 35.4 Å². The second kappa shape index (κ2) is 4.53. The fourth-order valence-electron chi connectivity index (χ4n) is 1.52. The van der Waals surface area contributed by atoms with Crippen LogP contribution in [0, 0.1) is 6.07 Å². The molecule has 0 aliphatic heterocycles. The van der Waals surface area contributed by atoms with E-state index in [0.717, 1.165) is 6.07 Å². The Kier molecular flexibility index (Phi) is 3.22. The van der Waals surface area contributed by atoms with Gasteiger partial charge in [0.15, 0.2) is 0 Å². The SMILES string of the molecule is Oc1[c]cc(-c2ccc(Cl)c(C(F)(F)F)c2)cc1. The first-order valence-electron chi connectivity index (χ1n) is 4.96. The minimum Gasteiger partial charge on any atom is -0.507 e. The van der Waals surface area contributed by atoms with Gasteiger partial charge >= 0.3 is 6.18 Å². The number of aromatic hydroxyl groups is 1. The van der Waals surface area contributed by atoms with E-state index in [1.165, 1.54) is 30.3 Å². The molecule has 2 aromatic rings. The number of alkyl halides is 3. The van der Waals surface area contributed by atoms with Gasteiger partial charge < -0.3 is 5.11 Å². The van der Waals surface area contributed by atoms with Gasteiger partial charge in [0.05, 0.1) is 10.6 Å². The first kappa shape index (κ1) is 12.8. The quantitative estimate of drug-likeness (QED) is 0.808. The molecule has 93 valence electrons. The molecule has 0 unspecified atom stereocenters. The molecule has 0 heterocycles. The lowest BCUT2D eigenvalue weighted by Gasteiger charge is -2.11. The van der Waals surface area contributed by atoms with E-state index >= 15 is 0 Å². The molecule has 18 heavy (non-hydrogen) atoms. The lowest BCUT2D eigenvalue weighted by atomic mass is 10.0. The lowest BCUT2D eigenvalue weighted by molar-refractivity contribution is -0.137.